The van der Waals surface area contributed by atoms with E-state index in [9.17, 15) is 14.7 Å². The summed E-state index contributed by atoms with van der Waals surface area (Å²) in [5.41, 5.74) is -1.16. The first-order chi connectivity index (χ1) is 7.04. The van der Waals surface area contributed by atoms with Crippen LogP contribution in [0.5, 0.6) is 0 Å². The number of rotatable bonds is 2. The van der Waals surface area contributed by atoms with Crippen LogP contribution in [0.2, 0.25) is 0 Å². The van der Waals surface area contributed by atoms with E-state index in [0.717, 1.165) is 0 Å². The van der Waals surface area contributed by atoms with Crippen LogP contribution in [0.3, 0.4) is 0 Å². The number of carbonyl (C=O) groups is 2. The lowest BCUT2D eigenvalue weighted by Crippen LogP contribution is -2.36. The van der Waals surface area contributed by atoms with Gasteiger partial charge in [-0.05, 0) is 6.07 Å². The molecule has 0 radical (unpaired) electrons. The Kier molecular flexibility index (Phi) is 1.97. The third-order valence-corrected chi connectivity index (χ3v) is 2.40. The van der Waals surface area contributed by atoms with Gasteiger partial charge < -0.3 is 15.5 Å². The first-order valence-electron chi connectivity index (χ1n) is 4.39. The van der Waals surface area contributed by atoms with Crippen molar-refractivity contribution in [3.05, 3.63) is 29.8 Å². The largest absolute Gasteiger partial charge is 0.481 e. The molecule has 0 fully saturated rings. The van der Waals surface area contributed by atoms with E-state index in [1.54, 1.807) is 18.2 Å². The molecule has 1 heterocycles. The Balaban J connectivity index is 2.49. The summed E-state index contributed by atoms with van der Waals surface area (Å²) in [6.45, 7) is 0. The van der Waals surface area contributed by atoms with Gasteiger partial charge >= 0.3 is 5.97 Å². The summed E-state index contributed by atoms with van der Waals surface area (Å²) in [6, 6.07) is 6.50. The summed E-state index contributed by atoms with van der Waals surface area (Å²) in [6.07, 6.45) is -0.629. The molecule has 15 heavy (non-hydrogen) atoms. The average molecular weight is 207 g/mol. The number of anilines is 1. The van der Waals surface area contributed by atoms with Crippen molar-refractivity contribution in [3.63, 3.8) is 0 Å². The van der Waals surface area contributed by atoms with E-state index >= 15 is 0 Å². The second-order valence-corrected chi connectivity index (χ2v) is 3.43. The zero-order valence-electron chi connectivity index (χ0n) is 7.73. The summed E-state index contributed by atoms with van der Waals surface area (Å²) >= 11 is 0. The van der Waals surface area contributed by atoms with Gasteiger partial charge in [-0.2, -0.15) is 0 Å². The molecule has 1 aliphatic rings. The lowest BCUT2D eigenvalue weighted by atomic mass is 9.92. The summed E-state index contributed by atoms with van der Waals surface area (Å²) in [5, 5.41) is 21.1. The molecule has 0 saturated heterocycles. The fourth-order valence-corrected chi connectivity index (χ4v) is 1.70. The first-order valence-corrected chi connectivity index (χ1v) is 4.39. The fourth-order valence-electron chi connectivity index (χ4n) is 1.70. The monoisotopic (exact) mass is 207 g/mol. The van der Waals surface area contributed by atoms with Gasteiger partial charge in [0.25, 0.3) is 5.91 Å². The Morgan fingerprint density at radius 3 is 2.73 bits per heavy atom. The zero-order chi connectivity index (χ0) is 11.1. The first kappa shape index (κ1) is 9.67. The van der Waals surface area contributed by atoms with Gasteiger partial charge in [0.15, 0.2) is 5.60 Å². The van der Waals surface area contributed by atoms with Crippen LogP contribution in [-0.4, -0.2) is 22.1 Å². The number of para-hydroxylation sites is 1. The molecule has 5 heteroatoms. The van der Waals surface area contributed by atoms with E-state index in [1.165, 1.54) is 6.07 Å². The van der Waals surface area contributed by atoms with E-state index in [0.29, 0.717) is 11.3 Å². The van der Waals surface area contributed by atoms with E-state index in [1.807, 2.05) is 0 Å². The third kappa shape index (κ3) is 1.37. The number of aliphatic carboxylic acids is 1. The maximum absolute atomic E-state index is 11.5. The van der Waals surface area contributed by atoms with E-state index in [2.05, 4.69) is 5.32 Å². The SMILES string of the molecule is O=C(O)CC1(O)C(=O)Nc2ccccc21. The summed E-state index contributed by atoms with van der Waals surface area (Å²) < 4.78 is 0. The molecule has 0 aliphatic carbocycles. The highest BCUT2D eigenvalue weighted by molar-refractivity contribution is 6.06. The fraction of sp³-hybridized carbons (Fsp3) is 0.200. The van der Waals surface area contributed by atoms with Gasteiger partial charge in [0.1, 0.15) is 0 Å². The minimum Gasteiger partial charge on any atom is -0.481 e. The molecule has 1 aliphatic heterocycles. The Labute approximate surface area is 85.3 Å². The molecule has 3 N–H and O–H groups in total. The van der Waals surface area contributed by atoms with Crippen LogP contribution in [0, 0.1) is 0 Å². The molecule has 1 aromatic carbocycles. The molecule has 5 nitrogen and oxygen atoms in total. The Morgan fingerprint density at radius 1 is 1.40 bits per heavy atom. The zero-order valence-corrected chi connectivity index (χ0v) is 7.73. The number of carboxylic acid groups (broad SMARTS) is 1. The van der Waals surface area contributed by atoms with Gasteiger partial charge in [-0.25, -0.2) is 0 Å². The van der Waals surface area contributed by atoms with Crippen molar-refractivity contribution in [2.75, 3.05) is 5.32 Å². The molecule has 2 rings (SSSR count). The molecule has 0 spiro atoms. The van der Waals surface area contributed by atoms with Crippen LogP contribution in [0.15, 0.2) is 24.3 Å². The van der Waals surface area contributed by atoms with Crippen LogP contribution < -0.4 is 5.32 Å². The van der Waals surface area contributed by atoms with Crippen LogP contribution >= 0.6 is 0 Å². The topological polar surface area (TPSA) is 86.6 Å². The van der Waals surface area contributed by atoms with Gasteiger partial charge in [0.05, 0.1) is 6.42 Å². The summed E-state index contributed by atoms with van der Waals surface area (Å²) in [4.78, 5) is 22.0. The molecular weight excluding hydrogens is 198 g/mol. The quantitative estimate of drug-likeness (QED) is 0.651. The van der Waals surface area contributed by atoms with Crippen molar-refractivity contribution in [1.82, 2.24) is 0 Å². The number of hydrogen-bond donors (Lipinski definition) is 3. The van der Waals surface area contributed by atoms with Crippen molar-refractivity contribution in [2.24, 2.45) is 0 Å². The summed E-state index contributed by atoms with van der Waals surface area (Å²) in [5.74, 6) is -1.91. The highest BCUT2D eigenvalue weighted by atomic mass is 16.4. The van der Waals surface area contributed by atoms with Crippen LogP contribution in [0.1, 0.15) is 12.0 Å². The number of aliphatic hydroxyl groups is 1. The Morgan fingerprint density at radius 2 is 2.07 bits per heavy atom. The van der Waals surface area contributed by atoms with Gasteiger partial charge in [-0.3, -0.25) is 9.59 Å². The normalized spacial score (nSPS) is 23.4. The molecule has 0 saturated carbocycles. The molecule has 1 amide bonds. The van der Waals surface area contributed by atoms with Crippen molar-refractivity contribution in [1.29, 1.82) is 0 Å². The van der Waals surface area contributed by atoms with Crippen molar-refractivity contribution in [2.45, 2.75) is 12.0 Å². The number of carboxylic acids is 1. The summed E-state index contributed by atoms with van der Waals surface area (Å²) in [7, 11) is 0. The number of amides is 1. The van der Waals surface area contributed by atoms with Crippen molar-refractivity contribution >= 4 is 17.6 Å². The average Bonchev–Trinajstić information content (AvgIpc) is 2.39. The van der Waals surface area contributed by atoms with Gasteiger partial charge in [0.2, 0.25) is 0 Å². The maximum Gasteiger partial charge on any atom is 0.307 e. The number of fused-ring (bicyclic) bond motifs is 1. The van der Waals surface area contributed by atoms with Gasteiger partial charge in [-0.1, -0.05) is 18.2 Å². The van der Waals surface area contributed by atoms with E-state index < -0.39 is 23.9 Å². The predicted octanol–water partition coefficient (Wildman–Crippen LogP) is 0.301. The number of hydrogen-bond acceptors (Lipinski definition) is 3. The van der Waals surface area contributed by atoms with E-state index in [4.69, 9.17) is 5.11 Å². The number of carbonyl (C=O) groups excluding carboxylic acids is 1. The highest BCUT2D eigenvalue weighted by Crippen LogP contribution is 2.37. The molecule has 78 valence electrons. The smallest absolute Gasteiger partial charge is 0.307 e. The lowest BCUT2D eigenvalue weighted by Gasteiger charge is -2.17. The molecule has 0 bridgehead atoms. The Hall–Kier alpha value is -1.88. The maximum atomic E-state index is 11.5. The molecule has 1 unspecified atom stereocenters. The molecular formula is C10H9NO4. The second kappa shape index (κ2) is 3.06. The van der Waals surface area contributed by atoms with Crippen LogP contribution in [-0.2, 0) is 15.2 Å². The predicted molar refractivity (Wildman–Crippen MR) is 51.2 cm³/mol. The van der Waals surface area contributed by atoms with Crippen molar-refractivity contribution < 1.29 is 19.8 Å². The van der Waals surface area contributed by atoms with Gasteiger partial charge in [0, 0.05) is 11.3 Å². The van der Waals surface area contributed by atoms with Crippen LogP contribution in [0.25, 0.3) is 0 Å². The lowest BCUT2D eigenvalue weighted by molar-refractivity contribution is -0.149. The minimum atomic E-state index is -1.94. The minimum absolute atomic E-state index is 0.317. The van der Waals surface area contributed by atoms with Crippen molar-refractivity contribution in [3.8, 4) is 0 Å². The Bertz CT molecular complexity index is 443. The van der Waals surface area contributed by atoms with Crippen LogP contribution in [0.4, 0.5) is 5.69 Å². The van der Waals surface area contributed by atoms with Gasteiger partial charge in [-0.15, -0.1) is 0 Å². The second-order valence-electron chi connectivity index (χ2n) is 3.43. The highest BCUT2D eigenvalue weighted by Gasteiger charge is 2.46. The number of benzene rings is 1. The molecule has 0 aromatic heterocycles. The standard InChI is InChI=1S/C10H9NO4/c12-8(13)5-10(15)6-3-1-2-4-7(6)11-9(10)14/h1-4,15H,5H2,(H,11,14)(H,12,13). The molecule has 1 atom stereocenters. The molecule has 1 aromatic rings. The third-order valence-electron chi connectivity index (χ3n) is 2.40. The number of nitrogens with one attached hydrogen (secondary N) is 1. The van der Waals surface area contributed by atoms with E-state index in [-0.39, 0.29) is 0 Å².